The number of aryl methyl sites for hydroxylation is 1. The van der Waals surface area contributed by atoms with Crippen molar-refractivity contribution in [2.45, 2.75) is 13.5 Å². The average Bonchev–Trinajstić information content (AvgIpc) is 3.28. The molecule has 0 spiro atoms. The molecule has 166 valence electrons. The van der Waals surface area contributed by atoms with Crippen molar-refractivity contribution in [3.63, 3.8) is 0 Å². The largest absolute Gasteiger partial charge is 0.324 e. The van der Waals surface area contributed by atoms with E-state index in [9.17, 15) is 9.59 Å². The SMILES string of the molecule is Cc1cccc(NC(=O)c2ccccc2NC(=O)CN2CCN(Cc3ccsc3)CC2)c1. The number of piperazine rings is 1. The molecule has 7 heteroatoms. The molecular weight excluding hydrogens is 420 g/mol. The number of para-hydroxylation sites is 1. The van der Waals surface area contributed by atoms with Crippen molar-refractivity contribution in [3.05, 3.63) is 82.0 Å². The Labute approximate surface area is 192 Å². The Morgan fingerprint density at radius 2 is 1.72 bits per heavy atom. The first-order valence-corrected chi connectivity index (χ1v) is 11.7. The number of benzene rings is 2. The minimum absolute atomic E-state index is 0.105. The third-order valence-corrected chi connectivity index (χ3v) is 6.27. The van der Waals surface area contributed by atoms with Crippen molar-refractivity contribution >= 4 is 34.5 Å². The first-order valence-electron chi connectivity index (χ1n) is 10.8. The molecule has 0 unspecified atom stereocenters. The van der Waals surface area contributed by atoms with E-state index < -0.39 is 0 Å². The number of hydrogen-bond acceptors (Lipinski definition) is 5. The summed E-state index contributed by atoms with van der Waals surface area (Å²) in [5.74, 6) is -0.347. The van der Waals surface area contributed by atoms with Crippen molar-refractivity contribution in [1.29, 1.82) is 0 Å². The van der Waals surface area contributed by atoms with Gasteiger partial charge >= 0.3 is 0 Å². The molecule has 2 heterocycles. The Kier molecular flexibility index (Phi) is 7.32. The third kappa shape index (κ3) is 6.03. The van der Waals surface area contributed by atoms with Crippen LogP contribution in [0.5, 0.6) is 0 Å². The zero-order chi connectivity index (χ0) is 22.3. The van der Waals surface area contributed by atoms with Gasteiger partial charge in [-0.1, -0.05) is 24.3 Å². The summed E-state index contributed by atoms with van der Waals surface area (Å²) in [5.41, 5.74) is 4.12. The lowest BCUT2D eigenvalue weighted by molar-refractivity contribution is -0.117. The lowest BCUT2D eigenvalue weighted by Gasteiger charge is -2.34. The number of anilines is 2. The van der Waals surface area contributed by atoms with E-state index in [2.05, 4.69) is 37.3 Å². The van der Waals surface area contributed by atoms with Crippen LogP contribution in [-0.2, 0) is 11.3 Å². The number of amides is 2. The van der Waals surface area contributed by atoms with Gasteiger partial charge in [-0.2, -0.15) is 11.3 Å². The Hall–Kier alpha value is -3.00. The number of carbonyl (C=O) groups excluding carboxylic acids is 2. The molecule has 0 saturated carbocycles. The van der Waals surface area contributed by atoms with Crippen molar-refractivity contribution in [2.75, 3.05) is 43.4 Å². The Morgan fingerprint density at radius 3 is 2.47 bits per heavy atom. The van der Waals surface area contributed by atoms with Crippen LogP contribution in [0.1, 0.15) is 21.5 Å². The molecule has 0 atom stereocenters. The molecule has 2 N–H and O–H groups in total. The molecule has 3 aromatic rings. The van der Waals surface area contributed by atoms with Gasteiger partial charge in [0.25, 0.3) is 5.91 Å². The summed E-state index contributed by atoms with van der Waals surface area (Å²) in [6, 6.07) is 16.9. The molecule has 32 heavy (non-hydrogen) atoms. The highest BCUT2D eigenvalue weighted by Gasteiger charge is 2.20. The van der Waals surface area contributed by atoms with Gasteiger partial charge in [0, 0.05) is 38.4 Å². The summed E-state index contributed by atoms with van der Waals surface area (Å²) < 4.78 is 0. The summed E-state index contributed by atoms with van der Waals surface area (Å²) in [6.07, 6.45) is 0. The Bertz CT molecular complexity index is 1060. The lowest BCUT2D eigenvalue weighted by atomic mass is 10.1. The van der Waals surface area contributed by atoms with Crippen LogP contribution in [0.25, 0.3) is 0 Å². The standard InChI is InChI=1S/C25H28N4O2S/c1-19-5-4-6-21(15-19)26-25(31)22-7-2-3-8-23(22)27-24(30)17-29-12-10-28(11-13-29)16-20-9-14-32-18-20/h2-9,14-15,18H,10-13,16-17H2,1H3,(H,26,31)(H,27,30). The Balaban J connectivity index is 1.30. The maximum Gasteiger partial charge on any atom is 0.257 e. The van der Waals surface area contributed by atoms with Crippen LogP contribution in [0.3, 0.4) is 0 Å². The minimum atomic E-state index is -0.242. The highest BCUT2D eigenvalue weighted by molar-refractivity contribution is 7.07. The fourth-order valence-corrected chi connectivity index (χ4v) is 4.51. The smallest absolute Gasteiger partial charge is 0.257 e. The van der Waals surface area contributed by atoms with Gasteiger partial charge in [-0.3, -0.25) is 19.4 Å². The molecule has 1 aliphatic heterocycles. The molecule has 1 aromatic heterocycles. The van der Waals surface area contributed by atoms with Gasteiger partial charge < -0.3 is 10.6 Å². The first kappa shape index (κ1) is 22.2. The number of carbonyl (C=O) groups is 2. The summed E-state index contributed by atoms with van der Waals surface area (Å²) >= 11 is 1.72. The van der Waals surface area contributed by atoms with E-state index >= 15 is 0 Å². The van der Waals surface area contributed by atoms with Crippen LogP contribution < -0.4 is 10.6 Å². The van der Waals surface area contributed by atoms with Crippen LogP contribution in [0.2, 0.25) is 0 Å². The van der Waals surface area contributed by atoms with E-state index in [1.807, 2.05) is 37.3 Å². The summed E-state index contributed by atoms with van der Waals surface area (Å²) in [7, 11) is 0. The van der Waals surface area contributed by atoms with E-state index in [1.165, 1.54) is 5.56 Å². The van der Waals surface area contributed by atoms with Gasteiger partial charge in [-0.15, -0.1) is 0 Å². The van der Waals surface area contributed by atoms with Gasteiger partial charge in [-0.25, -0.2) is 0 Å². The van der Waals surface area contributed by atoms with Gasteiger partial charge in [-0.05, 0) is 59.1 Å². The van der Waals surface area contributed by atoms with Crippen LogP contribution in [0.4, 0.5) is 11.4 Å². The number of thiophene rings is 1. The predicted molar refractivity (Wildman–Crippen MR) is 130 cm³/mol. The van der Waals surface area contributed by atoms with Crippen LogP contribution in [0.15, 0.2) is 65.4 Å². The van der Waals surface area contributed by atoms with E-state index in [-0.39, 0.29) is 11.8 Å². The van der Waals surface area contributed by atoms with Crippen LogP contribution in [-0.4, -0.2) is 54.3 Å². The second-order valence-corrected chi connectivity index (χ2v) is 8.88. The van der Waals surface area contributed by atoms with Crippen molar-refractivity contribution in [2.24, 2.45) is 0 Å². The highest BCUT2D eigenvalue weighted by Crippen LogP contribution is 2.18. The van der Waals surface area contributed by atoms with Gasteiger partial charge in [0.05, 0.1) is 17.8 Å². The van der Waals surface area contributed by atoms with Crippen LogP contribution >= 0.6 is 11.3 Å². The van der Waals surface area contributed by atoms with Gasteiger partial charge in [0.1, 0.15) is 0 Å². The fourth-order valence-electron chi connectivity index (χ4n) is 3.85. The molecule has 2 amide bonds. The molecule has 1 aliphatic rings. The zero-order valence-electron chi connectivity index (χ0n) is 18.2. The van der Waals surface area contributed by atoms with Crippen LogP contribution in [0, 0.1) is 6.92 Å². The highest BCUT2D eigenvalue weighted by atomic mass is 32.1. The molecule has 1 fully saturated rings. The number of nitrogens with one attached hydrogen (secondary N) is 2. The molecule has 0 radical (unpaired) electrons. The van der Waals surface area contributed by atoms with E-state index in [0.717, 1.165) is 44.0 Å². The number of nitrogens with zero attached hydrogens (tertiary/aromatic N) is 2. The third-order valence-electron chi connectivity index (χ3n) is 5.54. The minimum Gasteiger partial charge on any atom is -0.324 e. The van der Waals surface area contributed by atoms with Crippen molar-refractivity contribution in [1.82, 2.24) is 9.80 Å². The molecular formula is C25H28N4O2S. The second kappa shape index (κ2) is 10.5. The van der Waals surface area contributed by atoms with E-state index in [1.54, 1.807) is 29.5 Å². The topological polar surface area (TPSA) is 64.7 Å². The summed E-state index contributed by atoms with van der Waals surface area (Å²) in [6.45, 7) is 6.86. The summed E-state index contributed by atoms with van der Waals surface area (Å²) in [4.78, 5) is 30.1. The summed E-state index contributed by atoms with van der Waals surface area (Å²) in [5, 5.41) is 10.1. The normalized spacial score (nSPS) is 14.8. The van der Waals surface area contributed by atoms with E-state index in [4.69, 9.17) is 0 Å². The molecule has 1 saturated heterocycles. The molecule has 0 bridgehead atoms. The van der Waals surface area contributed by atoms with Crippen molar-refractivity contribution in [3.8, 4) is 0 Å². The average molecular weight is 449 g/mol. The predicted octanol–water partition coefficient (Wildman–Crippen LogP) is 4.07. The maximum atomic E-state index is 12.8. The zero-order valence-corrected chi connectivity index (χ0v) is 19.0. The number of rotatable bonds is 7. The molecule has 0 aliphatic carbocycles. The first-order chi connectivity index (χ1) is 15.6. The monoisotopic (exact) mass is 448 g/mol. The lowest BCUT2D eigenvalue weighted by Crippen LogP contribution is -2.48. The van der Waals surface area contributed by atoms with E-state index in [0.29, 0.717) is 17.8 Å². The molecule has 6 nitrogen and oxygen atoms in total. The maximum absolute atomic E-state index is 12.8. The number of hydrogen-bond donors (Lipinski definition) is 2. The van der Waals surface area contributed by atoms with Gasteiger partial charge in [0.2, 0.25) is 5.91 Å². The van der Waals surface area contributed by atoms with Gasteiger partial charge in [0.15, 0.2) is 0 Å². The van der Waals surface area contributed by atoms with Crippen molar-refractivity contribution < 1.29 is 9.59 Å². The second-order valence-electron chi connectivity index (χ2n) is 8.10. The molecule has 4 rings (SSSR count). The quantitative estimate of drug-likeness (QED) is 0.572. The Morgan fingerprint density at radius 1 is 0.938 bits per heavy atom. The fraction of sp³-hybridized carbons (Fsp3) is 0.280. The molecule has 2 aromatic carbocycles.